The van der Waals surface area contributed by atoms with Crippen molar-refractivity contribution in [2.24, 2.45) is 0 Å². The molecular weight excluding hydrogens is 252 g/mol. The lowest BCUT2D eigenvalue weighted by Gasteiger charge is -2.04. The van der Waals surface area contributed by atoms with E-state index in [1.807, 2.05) is 19.1 Å². The molecule has 0 fully saturated rings. The van der Waals surface area contributed by atoms with E-state index in [2.05, 4.69) is 10.5 Å². The molecule has 0 bridgehead atoms. The Morgan fingerprint density at radius 3 is 2.94 bits per heavy atom. The maximum atomic E-state index is 11.9. The zero-order valence-electron chi connectivity index (χ0n) is 9.94. The number of alkyl halides is 1. The van der Waals surface area contributed by atoms with Crippen molar-refractivity contribution in [3.05, 3.63) is 52.9 Å². The van der Waals surface area contributed by atoms with Crippen molar-refractivity contribution in [2.45, 2.75) is 19.3 Å². The molecule has 2 aromatic rings. The molecule has 94 valence electrons. The first-order chi connectivity index (χ1) is 8.69. The summed E-state index contributed by atoms with van der Waals surface area (Å²) in [5.41, 5.74) is 2.21. The minimum absolute atomic E-state index is 0.150. The Balaban J connectivity index is 1.99. The molecule has 4 nitrogen and oxygen atoms in total. The van der Waals surface area contributed by atoms with Gasteiger partial charge >= 0.3 is 0 Å². The predicted molar refractivity (Wildman–Crippen MR) is 68.4 cm³/mol. The number of aryl methyl sites for hydroxylation is 1. The van der Waals surface area contributed by atoms with Crippen LogP contribution in [0.25, 0.3) is 0 Å². The van der Waals surface area contributed by atoms with Crippen LogP contribution in [0, 0.1) is 6.92 Å². The quantitative estimate of drug-likeness (QED) is 0.864. The van der Waals surface area contributed by atoms with Gasteiger partial charge < -0.3 is 9.84 Å². The van der Waals surface area contributed by atoms with Crippen LogP contribution < -0.4 is 5.32 Å². The molecule has 1 amide bonds. The molecular formula is C13H13ClN2O2. The smallest absolute Gasteiger partial charge is 0.251 e. The number of nitrogens with zero attached hydrogens (tertiary/aromatic N) is 1. The monoisotopic (exact) mass is 264 g/mol. The summed E-state index contributed by atoms with van der Waals surface area (Å²) in [6.45, 7) is 2.16. The van der Waals surface area contributed by atoms with Crippen molar-refractivity contribution in [3.63, 3.8) is 0 Å². The first-order valence-corrected chi connectivity index (χ1v) is 6.08. The number of rotatable bonds is 4. The molecule has 0 saturated carbocycles. The highest BCUT2D eigenvalue weighted by Crippen LogP contribution is 2.08. The van der Waals surface area contributed by atoms with Crippen LogP contribution >= 0.6 is 11.6 Å². The van der Waals surface area contributed by atoms with Gasteiger partial charge in [-0.1, -0.05) is 17.3 Å². The number of hydrogen-bond donors (Lipinski definition) is 1. The van der Waals surface area contributed by atoms with E-state index in [9.17, 15) is 4.79 Å². The van der Waals surface area contributed by atoms with Crippen LogP contribution in [0.4, 0.5) is 0 Å². The van der Waals surface area contributed by atoms with Crippen molar-refractivity contribution in [1.29, 1.82) is 0 Å². The van der Waals surface area contributed by atoms with Crippen LogP contribution in [0.1, 0.15) is 27.4 Å². The third-order valence-corrected chi connectivity index (χ3v) is 2.76. The van der Waals surface area contributed by atoms with E-state index in [4.69, 9.17) is 16.1 Å². The standard InChI is InChI=1S/C13H13ClN2O2/c1-9-5-12(16-18-9)8-15-13(17)11-4-2-3-10(6-11)7-14/h2-6H,7-8H2,1H3,(H,15,17). The van der Waals surface area contributed by atoms with Crippen molar-refractivity contribution in [2.75, 3.05) is 0 Å². The van der Waals surface area contributed by atoms with Crippen LogP contribution in [-0.2, 0) is 12.4 Å². The summed E-state index contributed by atoms with van der Waals surface area (Å²) in [6, 6.07) is 9.00. The topological polar surface area (TPSA) is 55.1 Å². The van der Waals surface area contributed by atoms with E-state index in [0.29, 0.717) is 23.7 Å². The Bertz CT molecular complexity index is 551. The van der Waals surface area contributed by atoms with Crippen molar-refractivity contribution in [1.82, 2.24) is 10.5 Å². The molecule has 5 heteroatoms. The molecule has 0 atom stereocenters. The van der Waals surface area contributed by atoms with Gasteiger partial charge in [-0.2, -0.15) is 0 Å². The van der Waals surface area contributed by atoms with Crippen molar-refractivity contribution >= 4 is 17.5 Å². The van der Waals surface area contributed by atoms with Crippen LogP contribution in [0.15, 0.2) is 34.9 Å². The van der Waals surface area contributed by atoms with E-state index >= 15 is 0 Å². The third kappa shape index (κ3) is 3.11. The van der Waals surface area contributed by atoms with Gasteiger partial charge in [-0.25, -0.2) is 0 Å². The van der Waals surface area contributed by atoms with E-state index in [0.717, 1.165) is 11.3 Å². The lowest BCUT2D eigenvalue weighted by molar-refractivity contribution is 0.0950. The highest BCUT2D eigenvalue weighted by Gasteiger charge is 2.07. The highest BCUT2D eigenvalue weighted by atomic mass is 35.5. The molecule has 0 unspecified atom stereocenters. The molecule has 1 N–H and O–H groups in total. The minimum Gasteiger partial charge on any atom is -0.361 e. The summed E-state index contributed by atoms with van der Waals surface area (Å²) in [7, 11) is 0. The summed E-state index contributed by atoms with van der Waals surface area (Å²) >= 11 is 5.73. The average Bonchev–Trinajstić information content (AvgIpc) is 2.82. The minimum atomic E-state index is -0.150. The van der Waals surface area contributed by atoms with Crippen LogP contribution in [-0.4, -0.2) is 11.1 Å². The molecule has 0 radical (unpaired) electrons. The molecule has 0 aliphatic carbocycles. The molecule has 0 spiro atoms. The first-order valence-electron chi connectivity index (χ1n) is 5.54. The Hall–Kier alpha value is -1.81. The molecule has 0 aliphatic heterocycles. The van der Waals surface area contributed by atoms with E-state index in [-0.39, 0.29) is 5.91 Å². The average molecular weight is 265 g/mol. The Morgan fingerprint density at radius 2 is 2.28 bits per heavy atom. The van der Waals surface area contributed by atoms with Crippen LogP contribution in [0.5, 0.6) is 0 Å². The number of aromatic nitrogens is 1. The first kappa shape index (κ1) is 12.6. The van der Waals surface area contributed by atoms with Gasteiger partial charge in [0.2, 0.25) is 0 Å². The molecule has 0 saturated heterocycles. The largest absolute Gasteiger partial charge is 0.361 e. The van der Waals surface area contributed by atoms with Crippen molar-refractivity contribution in [3.8, 4) is 0 Å². The fourth-order valence-corrected chi connectivity index (χ4v) is 1.74. The van der Waals surface area contributed by atoms with Gasteiger partial charge in [0, 0.05) is 17.5 Å². The second kappa shape index (κ2) is 5.69. The van der Waals surface area contributed by atoms with Crippen LogP contribution in [0.3, 0.4) is 0 Å². The number of carbonyl (C=O) groups excluding carboxylic acids is 1. The Labute approximate surface area is 110 Å². The number of benzene rings is 1. The van der Waals surface area contributed by atoms with Gasteiger partial charge in [0.25, 0.3) is 5.91 Å². The number of nitrogens with one attached hydrogen (secondary N) is 1. The van der Waals surface area contributed by atoms with Gasteiger partial charge in [0.15, 0.2) is 0 Å². The SMILES string of the molecule is Cc1cc(CNC(=O)c2cccc(CCl)c2)no1. The number of hydrogen-bond acceptors (Lipinski definition) is 3. The normalized spacial score (nSPS) is 10.3. The zero-order chi connectivity index (χ0) is 13.0. The van der Waals surface area contributed by atoms with Gasteiger partial charge in [-0.15, -0.1) is 11.6 Å². The Morgan fingerprint density at radius 1 is 1.44 bits per heavy atom. The van der Waals surface area contributed by atoms with E-state index < -0.39 is 0 Å². The summed E-state index contributed by atoms with van der Waals surface area (Å²) in [5.74, 6) is 0.967. The maximum absolute atomic E-state index is 11.9. The summed E-state index contributed by atoms with van der Waals surface area (Å²) in [4.78, 5) is 11.9. The molecule has 18 heavy (non-hydrogen) atoms. The Kier molecular flexibility index (Phi) is 3.99. The lowest BCUT2D eigenvalue weighted by atomic mass is 10.1. The zero-order valence-corrected chi connectivity index (χ0v) is 10.7. The number of amides is 1. The summed E-state index contributed by atoms with van der Waals surface area (Å²) in [6.07, 6.45) is 0. The molecule has 0 aliphatic rings. The summed E-state index contributed by atoms with van der Waals surface area (Å²) in [5, 5.41) is 6.58. The second-order valence-electron chi connectivity index (χ2n) is 3.95. The van der Waals surface area contributed by atoms with Gasteiger partial charge in [-0.05, 0) is 24.6 Å². The van der Waals surface area contributed by atoms with Gasteiger partial charge in [0.05, 0.1) is 6.54 Å². The van der Waals surface area contributed by atoms with Gasteiger partial charge in [-0.3, -0.25) is 4.79 Å². The van der Waals surface area contributed by atoms with Gasteiger partial charge in [0.1, 0.15) is 11.5 Å². The molecule has 1 heterocycles. The van der Waals surface area contributed by atoms with Crippen LogP contribution in [0.2, 0.25) is 0 Å². The third-order valence-electron chi connectivity index (χ3n) is 2.45. The number of halogens is 1. The maximum Gasteiger partial charge on any atom is 0.251 e. The summed E-state index contributed by atoms with van der Waals surface area (Å²) < 4.78 is 4.92. The highest BCUT2D eigenvalue weighted by molar-refractivity contribution is 6.17. The van der Waals surface area contributed by atoms with Crippen molar-refractivity contribution < 1.29 is 9.32 Å². The van der Waals surface area contributed by atoms with E-state index in [1.54, 1.807) is 18.2 Å². The second-order valence-corrected chi connectivity index (χ2v) is 4.21. The lowest BCUT2D eigenvalue weighted by Crippen LogP contribution is -2.22. The van der Waals surface area contributed by atoms with E-state index in [1.165, 1.54) is 0 Å². The fourth-order valence-electron chi connectivity index (χ4n) is 1.57. The predicted octanol–water partition coefficient (Wildman–Crippen LogP) is 2.65. The number of carbonyl (C=O) groups is 1. The fraction of sp³-hybridized carbons (Fsp3) is 0.231. The molecule has 1 aromatic carbocycles. The molecule has 1 aromatic heterocycles. The molecule has 2 rings (SSSR count).